The molecule has 0 bridgehead atoms. The van der Waals surface area contributed by atoms with Gasteiger partial charge in [0.25, 0.3) is 0 Å². The molecule has 0 aliphatic heterocycles. The van der Waals surface area contributed by atoms with Crippen LogP contribution < -0.4 is 5.73 Å². The number of aliphatic imine (C=N–C) groups is 1. The van der Waals surface area contributed by atoms with E-state index in [1.807, 2.05) is 10.3 Å². The minimum absolute atomic E-state index is 0.583. The average Bonchev–Trinajstić information content (AvgIpc) is 2.69. The molecule has 0 atom stereocenters. The third-order valence-corrected chi connectivity index (χ3v) is 2.71. The topological polar surface area (TPSA) is 54.5 Å². The van der Waals surface area contributed by atoms with Gasteiger partial charge in [-0.2, -0.15) is 0 Å². The van der Waals surface area contributed by atoms with Crippen LogP contribution in [0.5, 0.6) is 0 Å². The summed E-state index contributed by atoms with van der Waals surface area (Å²) in [6.07, 6.45) is 1.78. The van der Waals surface area contributed by atoms with Crippen molar-refractivity contribution in [3.05, 3.63) is 16.6 Å². The van der Waals surface area contributed by atoms with Gasteiger partial charge >= 0.3 is 0 Å². The van der Waals surface area contributed by atoms with Gasteiger partial charge in [0.15, 0.2) is 5.96 Å². The van der Waals surface area contributed by atoms with Crippen molar-refractivity contribution in [2.24, 2.45) is 10.7 Å². The monoisotopic (exact) mass is 212 g/mol. The highest BCUT2D eigenvalue weighted by atomic mass is 32.1. The van der Waals surface area contributed by atoms with Gasteiger partial charge in [0.05, 0.1) is 6.54 Å². The second kappa shape index (κ2) is 5.59. The SMILES string of the molecule is CCN(CC)C(N)=NCc1nccs1. The minimum Gasteiger partial charge on any atom is -0.370 e. The van der Waals surface area contributed by atoms with Gasteiger partial charge in [-0.1, -0.05) is 0 Å². The van der Waals surface area contributed by atoms with Crippen LogP contribution in [0.15, 0.2) is 16.6 Å². The molecule has 4 nitrogen and oxygen atoms in total. The fourth-order valence-electron chi connectivity index (χ4n) is 1.13. The number of aromatic nitrogens is 1. The first-order chi connectivity index (χ1) is 6.77. The van der Waals surface area contributed by atoms with Crippen LogP contribution in [0.25, 0.3) is 0 Å². The Labute approximate surface area is 88.5 Å². The molecule has 1 aromatic heterocycles. The minimum atomic E-state index is 0.583. The molecule has 0 amide bonds. The van der Waals surface area contributed by atoms with E-state index >= 15 is 0 Å². The zero-order valence-corrected chi connectivity index (χ0v) is 9.42. The van der Waals surface area contributed by atoms with Gasteiger partial charge < -0.3 is 10.6 Å². The maximum atomic E-state index is 5.81. The predicted octanol–water partition coefficient (Wildman–Crippen LogP) is 1.30. The predicted molar refractivity (Wildman–Crippen MR) is 60.4 cm³/mol. The number of hydrogen-bond acceptors (Lipinski definition) is 3. The number of nitrogens with zero attached hydrogens (tertiary/aromatic N) is 3. The number of nitrogens with two attached hydrogens (primary N) is 1. The Morgan fingerprint density at radius 1 is 1.57 bits per heavy atom. The van der Waals surface area contributed by atoms with E-state index in [1.165, 1.54) is 0 Å². The van der Waals surface area contributed by atoms with E-state index in [2.05, 4.69) is 23.8 Å². The summed E-state index contributed by atoms with van der Waals surface area (Å²) in [4.78, 5) is 10.4. The van der Waals surface area contributed by atoms with E-state index in [-0.39, 0.29) is 0 Å². The fourth-order valence-corrected chi connectivity index (χ4v) is 1.67. The lowest BCUT2D eigenvalue weighted by Crippen LogP contribution is -2.37. The first-order valence-electron chi connectivity index (χ1n) is 4.71. The molecule has 0 aliphatic rings. The Bertz CT molecular complexity index is 277. The van der Waals surface area contributed by atoms with Crippen molar-refractivity contribution in [2.75, 3.05) is 13.1 Å². The summed E-state index contributed by atoms with van der Waals surface area (Å²) >= 11 is 1.60. The van der Waals surface area contributed by atoms with Gasteiger partial charge in [0.2, 0.25) is 0 Å². The van der Waals surface area contributed by atoms with Crippen LogP contribution in [0.4, 0.5) is 0 Å². The summed E-state index contributed by atoms with van der Waals surface area (Å²) in [7, 11) is 0. The van der Waals surface area contributed by atoms with Crippen LogP contribution in [0.2, 0.25) is 0 Å². The third-order valence-electron chi connectivity index (χ3n) is 1.95. The summed E-state index contributed by atoms with van der Waals surface area (Å²) in [6.45, 7) is 6.50. The van der Waals surface area contributed by atoms with Gasteiger partial charge in [-0.25, -0.2) is 9.98 Å². The zero-order valence-electron chi connectivity index (χ0n) is 8.60. The van der Waals surface area contributed by atoms with Crippen molar-refractivity contribution in [2.45, 2.75) is 20.4 Å². The third kappa shape index (κ3) is 2.99. The molecule has 0 saturated carbocycles. The molecular weight excluding hydrogens is 196 g/mol. The molecule has 0 unspecified atom stereocenters. The second-order valence-electron chi connectivity index (χ2n) is 2.77. The van der Waals surface area contributed by atoms with Crippen LogP contribution >= 0.6 is 11.3 Å². The Kier molecular flexibility index (Phi) is 4.39. The van der Waals surface area contributed by atoms with E-state index in [4.69, 9.17) is 5.73 Å². The Morgan fingerprint density at radius 2 is 2.29 bits per heavy atom. The normalized spacial score (nSPS) is 11.7. The Balaban J connectivity index is 2.51. The average molecular weight is 212 g/mol. The van der Waals surface area contributed by atoms with Gasteiger partial charge in [-0.05, 0) is 13.8 Å². The molecule has 0 fully saturated rings. The number of hydrogen-bond donors (Lipinski definition) is 1. The molecule has 2 N–H and O–H groups in total. The van der Waals surface area contributed by atoms with Crippen molar-refractivity contribution in [3.8, 4) is 0 Å². The highest BCUT2D eigenvalue weighted by molar-refractivity contribution is 7.09. The summed E-state index contributed by atoms with van der Waals surface area (Å²) in [5.74, 6) is 0.602. The first kappa shape index (κ1) is 11.0. The molecule has 0 saturated heterocycles. The molecule has 5 heteroatoms. The van der Waals surface area contributed by atoms with E-state index < -0.39 is 0 Å². The summed E-state index contributed by atoms with van der Waals surface area (Å²) in [5.41, 5.74) is 5.81. The van der Waals surface area contributed by atoms with Crippen LogP contribution in [-0.4, -0.2) is 28.9 Å². The van der Waals surface area contributed by atoms with E-state index in [9.17, 15) is 0 Å². The van der Waals surface area contributed by atoms with Crippen LogP contribution in [0, 0.1) is 0 Å². The lowest BCUT2D eigenvalue weighted by molar-refractivity contribution is 0.458. The smallest absolute Gasteiger partial charge is 0.191 e. The van der Waals surface area contributed by atoms with Crippen LogP contribution in [0.1, 0.15) is 18.9 Å². The number of guanidine groups is 1. The molecule has 14 heavy (non-hydrogen) atoms. The van der Waals surface area contributed by atoms with Crippen molar-refractivity contribution in [1.29, 1.82) is 0 Å². The van der Waals surface area contributed by atoms with Gasteiger partial charge in [-0.15, -0.1) is 11.3 Å². The Morgan fingerprint density at radius 3 is 2.79 bits per heavy atom. The maximum Gasteiger partial charge on any atom is 0.191 e. The van der Waals surface area contributed by atoms with Crippen molar-refractivity contribution in [3.63, 3.8) is 0 Å². The van der Waals surface area contributed by atoms with Crippen LogP contribution in [-0.2, 0) is 6.54 Å². The molecular formula is C9H16N4S. The molecule has 1 aromatic rings. The zero-order chi connectivity index (χ0) is 10.4. The molecule has 78 valence electrons. The molecule has 0 aromatic carbocycles. The summed E-state index contributed by atoms with van der Waals surface area (Å²) in [5, 5.41) is 2.94. The molecule has 0 radical (unpaired) electrons. The summed E-state index contributed by atoms with van der Waals surface area (Å²) in [6, 6.07) is 0. The lowest BCUT2D eigenvalue weighted by Gasteiger charge is -2.18. The van der Waals surface area contributed by atoms with Crippen LogP contribution in [0.3, 0.4) is 0 Å². The van der Waals surface area contributed by atoms with Crippen molar-refractivity contribution >= 4 is 17.3 Å². The molecule has 1 rings (SSSR count). The molecule has 1 heterocycles. The second-order valence-corrected chi connectivity index (χ2v) is 3.75. The molecule has 0 aliphatic carbocycles. The van der Waals surface area contributed by atoms with Gasteiger partial charge in [0.1, 0.15) is 5.01 Å². The van der Waals surface area contributed by atoms with Crippen molar-refractivity contribution < 1.29 is 0 Å². The number of thiazole rings is 1. The largest absolute Gasteiger partial charge is 0.370 e. The quantitative estimate of drug-likeness (QED) is 0.604. The van der Waals surface area contributed by atoms with E-state index in [0.717, 1.165) is 18.1 Å². The highest BCUT2D eigenvalue weighted by Crippen LogP contribution is 2.05. The highest BCUT2D eigenvalue weighted by Gasteiger charge is 2.01. The fraction of sp³-hybridized carbons (Fsp3) is 0.556. The Hall–Kier alpha value is -1.10. The summed E-state index contributed by atoms with van der Waals surface area (Å²) < 4.78 is 0. The maximum absolute atomic E-state index is 5.81. The van der Waals surface area contributed by atoms with Gasteiger partial charge in [-0.3, -0.25) is 0 Å². The van der Waals surface area contributed by atoms with E-state index in [1.54, 1.807) is 17.5 Å². The van der Waals surface area contributed by atoms with Gasteiger partial charge in [0, 0.05) is 24.7 Å². The first-order valence-corrected chi connectivity index (χ1v) is 5.59. The molecule has 0 spiro atoms. The van der Waals surface area contributed by atoms with Crippen molar-refractivity contribution in [1.82, 2.24) is 9.88 Å². The van der Waals surface area contributed by atoms with E-state index in [0.29, 0.717) is 12.5 Å². The standard InChI is InChI=1S/C9H16N4S/c1-3-13(4-2)9(10)12-7-8-11-5-6-14-8/h5-6H,3-4,7H2,1-2H3,(H2,10,12). The number of rotatable bonds is 4. The lowest BCUT2D eigenvalue weighted by atomic mass is 10.5.